The minimum absolute atomic E-state index is 0.244. The number of aryl methyl sites for hydroxylation is 1. The number of rotatable bonds is 4. The van der Waals surface area contributed by atoms with Gasteiger partial charge in [0, 0.05) is 23.4 Å². The van der Waals surface area contributed by atoms with Gasteiger partial charge >= 0.3 is 5.97 Å². The number of nitrogens with two attached hydrogens (primary N) is 1. The molecule has 0 bridgehead atoms. The number of nitrogens with zero attached hydrogens (tertiary/aromatic N) is 2. The number of thioether (sulfide) groups is 1. The molecule has 0 atom stereocenters. The Labute approximate surface area is 109 Å². The van der Waals surface area contributed by atoms with E-state index in [0.717, 1.165) is 4.90 Å². The average Bonchev–Trinajstić information content (AvgIpc) is 2.68. The van der Waals surface area contributed by atoms with Crippen molar-refractivity contribution in [3.8, 4) is 0 Å². The van der Waals surface area contributed by atoms with E-state index < -0.39 is 5.97 Å². The van der Waals surface area contributed by atoms with Crippen LogP contribution in [0.4, 0.5) is 5.69 Å². The number of nitrogen functional groups attached to an aromatic ring is 1. The molecule has 3 N–H and O–H groups in total. The third kappa shape index (κ3) is 2.65. The van der Waals surface area contributed by atoms with Crippen molar-refractivity contribution < 1.29 is 9.90 Å². The van der Waals surface area contributed by atoms with Crippen LogP contribution in [0.5, 0.6) is 0 Å². The molecule has 0 amide bonds. The van der Waals surface area contributed by atoms with Gasteiger partial charge in [0.15, 0.2) is 0 Å². The highest BCUT2D eigenvalue weighted by Gasteiger charge is 2.14. The maximum Gasteiger partial charge on any atom is 0.339 e. The Hall–Kier alpha value is -1.95. The van der Waals surface area contributed by atoms with E-state index >= 15 is 0 Å². The zero-order valence-electron chi connectivity index (χ0n) is 9.83. The summed E-state index contributed by atoms with van der Waals surface area (Å²) in [5.74, 6) is -0.409. The van der Waals surface area contributed by atoms with E-state index in [0.29, 0.717) is 17.1 Å². The largest absolute Gasteiger partial charge is 0.478 e. The molecule has 0 spiro atoms. The fourth-order valence-corrected chi connectivity index (χ4v) is 2.61. The normalized spacial score (nSPS) is 10.5. The lowest BCUT2D eigenvalue weighted by atomic mass is 10.3. The Kier molecular flexibility index (Phi) is 3.57. The molecule has 0 aliphatic rings. The van der Waals surface area contributed by atoms with Gasteiger partial charge in [-0.1, -0.05) is 6.07 Å². The van der Waals surface area contributed by atoms with Crippen molar-refractivity contribution in [2.24, 2.45) is 7.05 Å². The Morgan fingerprint density at radius 3 is 3.00 bits per heavy atom. The first kappa shape index (κ1) is 12.5. The van der Waals surface area contributed by atoms with Crippen LogP contribution < -0.4 is 5.73 Å². The van der Waals surface area contributed by atoms with Crippen LogP contribution in [0.3, 0.4) is 0 Å². The first-order chi connectivity index (χ1) is 8.58. The van der Waals surface area contributed by atoms with Crippen LogP contribution in [0.25, 0.3) is 0 Å². The number of hydrogen-bond acceptors (Lipinski definition) is 4. The Balaban J connectivity index is 2.15. The van der Waals surface area contributed by atoms with Crippen molar-refractivity contribution in [2.45, 2.75) is 10.6 Å². The van der Waals surface area contributed by atoms with Crippen molar-refractivity contribution in [2.75, 3.05) is 5.73 Å². The monoisotopic (exact) mass is 263 g/mol. The zero-order valence-corrected chi connectivity index (χ0v) is 10.6. The van der Waals surface area contributed by atoms with Crippen molar-refractivity contribution in [3.63, 3.8) is 0 Å². The molecule has 18 heavy (non-hydrogen) atoms. The lowest BCUT2D eigenvalue weighted by Gasteiger charge is -2.04. The highest BCUT2D eigenvalue weighted by molar-refractivity contribution is 7.98. The average molecular weight is 263 g/mol. The Morgan fingerprint density at radius 1 is 1.56 bits per heavy atom. The second-order valence-corrected chi connectivity index (χ2v) is 4.84. The van der Waals surface area contributed by atoms with Crippen molar-refractivity contribution >= 4 is 23.4 Å². The van der Waals surface area contributed by atoms with Crippen LogP contribution in [0.2, 0.25) is 0 Å². The summed E-state index contributed by atoms with van der Waals surface area (Å²) in [5.41, 5.74) is 7.32. The van der Waals surface area contributed by atoms with Gasteiger partial charge in [-0.3, -0.25) is 4.68 Å². The molecule has 1 heterocycles. The molecule has 0 unspecified atom stereocenters. The molecular weight excluding hydrogens is 250 g/mol. The first-order valence-corrected chi connectivity index (χ1v) is 6.29. The summed E-state index contributed by atoms with van der Waals surface area (Å²) >= 11 is 1.53. The first-order valence-electron chi connectivity index (χ1n) is 5.30. The molecule has 0 aliphatic heterocycles. The van der Waals surface area contributed by atoms with Crippen LogP contribution in [0, 0.1) is 0 Å². The van der Waals surface area contributed by atoms with E-state index in [4.69, 9.17) is 10.8 Å². The smallest absolute Gasteiger partial charge is 0.339 e. The van der Waals surface area contributed by atoms with Gasteiger partial charge in [0.25, 0.3) is 0 Å². The molecule has 0 aliphatic carbocycles. The minimum Gasteiger partial charge on any atom is -0.478 e. The van der Waals surface area contributed by atoms with Crippen molar-refractivity contribution in [1.82, 2.24) is 9.78 Å². The third-order valence-electron chi connectivity index (χ3n) is 2.53. The Morgan fingerprint density at radius 2 is 2.33 bits per heavy atom. The molecule has 0 fully saturated rings. The molecule has 5 nitrogen and oxygen atoms in total. The molecule has 2 rings (SSSR count). The predicted octanol–water partition coefficient (Wildman–Crippen LogP) is 1.99. The highest BCUT2D eigenvalue weighted by atomic mass is 32.2. The summed E-state index contributed by atoms with van der Waals surface area (Å²) in [5, 5.41) is 13.0. The number of carboxylic acids is 1. The molecule has 0 saturated heterocycles. The van der Waals surface area contributed by atoms with Crippen LogP contribution in [0.15, 0.2) is 35.4 Å². The summed E-state index contributed by atoms with van der Waals surface area (Å²) in [7, 11) is 1.74. The fraction of sp³-hybridized carbons (Fsp3) is 0.167. The highest BCUT2D eigenvalue weighted by Crippen LogP contribution is 2.25. The number of benzene rings is 1. The number of carboxylic acid groups (broad SMARTS) is 1. The summed E-state index contributed by atoms with van der Waals surface area (Å²) in [6.07, 6.45) is 1.37. The van der Waals surface area contributed by atoms with Crippen LogP contribution in [-0.4, -0.2) is 20.9 Å². The SMILES string of the molecule is Cn1ncc(C(=O)O)c1CSc1cccc(N)c1. The van der Waals surface area contributed by atoms with Gasteiger partial charge < -0.3 is 10.8 Å². The summed E-state index contributed by atoms with van der Waals surface area (Å²) < 4.78 is 1.59. The molecular formula is C12H13N3O2S. The van der Waals surface area contributed by atoms with Crippen LogP contribution >= 0.6 is 11.8 Å². The summed E-state index contributed by atoms with van der Waals surface area (Å²) in [6, 6.07) is 7.50. The second kappa shape index (κ2) is 5.14. The standard InChI is InChI=1S/C12H13N3O2S/c1-15-11(10(6-14-15)12(16)17)7-18-9-4-2-3-8(13)5-9/h2-6H,7,13H2,1H3,(H,16,17). The molecule has 2 aromatic rings. The van der Waals surface area contributed by atoms with Gasteiger partial charge in [0.1, 0.15) is 5.56 Å². The van der Waals surface area contributed by atoms with Gasteiger partial charge in [-0.05, 0) is 18.2 Å². The fourth-order valence-electron chi connectivity index (χ4n) is 1.57. The van der Waals surface area contributed by atoms with Gasteiger partial charge in [-0.25, -0.2) is 4.79 Å². The van der Waals surface area contributed by atoms with Crippen molar-refractivity contribution in [3.05, 3.63) is 41.7 Å². The molecule has 94 valence electrons. The summed E-state index contributed by atoms with van der Waals surface area (Å²) in [6.45, 7) is 0. The molecule has 0 saturated carbocycles. The maximum absolute atomic E-state index is 11.0. The quantitative estimate of drug-likeness (QED) is 0.651. The van der Waals surface area contributed by atoms with Crippen molar-refractivity contribution in [1.29, 1.82) is 0 Å². The van der Waals surface area contributed by atoms with E-state index in [1.807, 2.05) is 24.3 Å². The van der Waals surface area contributed by atoms with Gasteiger partial charge in [0.2, 0.25) is 0 Å². The lowest BCUT2D eigenvalue weighted by Crippen LogP contribution is -2.03. The van der Waals surface area contributed by atoms with E-state index in [9.17, 15) is 4.79 Å². The number of anilines is 1. The van der Waals surface area contributed by atoms with Gasteiger partial charge in [0.05, 0.1) is 11.9 Å². The molecule has 6 heteroatoms. The number of carbonyl (C=O) groups is 1. The van der Waals surface area contributed by atoms with E-state index in [1.165, 1.54) is 18.0 Å². The lowest BCUT2D eigenvalue weighted by molar-refractivity contribution is 0.0696. The second-order valence-electron chi connectivity index (χ2n) is 3.79. The molecule has 1 aromatic heterocycles. The number of hydrogen-bond donors (Lipinski definition) is 2. The summed E-state index contributed by atoms with van der Waals surface area (Å²) in [4.78, 5) is 12.0. The van der Waals surface area contributed by atoms with E-state index in [2.05, 4.69) is 5.10 Å². The van der Waals surface area contributed by atoms with Crippen LogP contribution in [0.1, 0.15) is 16.1 Å². The minimum atomic E-state index is -0.953. The van der Waals surface area contributed by atoms with E-state index in [-0.39, 0.29) is 5.56 Å². The zero-order chi connectivity index (χ0) is 13.1. The number of aromatic nitrogens is 2. The van der Waals surface area contributed by atoms with Gasteiger partial charge in [-0.2, -0.15) is 5.10 Å². The molecule has 1 aromatic carbocycles. The number of aromatic carboxylic acids is 1. The topological polar surface area (TPSA) is 81.1 Å². The maximum atomic E-state index is 11.0. The predicted molar refractivity (Wildman–Crippen MR) is 70.6 cm³/mol. The van der Waals surface area contributed by atoms with Crippen LogP contribution in [-0.2, 0) is 12.8 Å². The molecule has 0 radical (unpaired) electrons. The Bertz CT molecular complexity index is 580. The van der Waals surface area contributed by atoms with E-state index in [1.54, 1.807) is 11.7 Å². The third-order valence-corrected chi connectivity index (χ3v) is 3.53. The van der Waals surface area contributed by atoms with Gasteiger partial charge in [-0.15, -0.1) is 11.8 Å².